The number of aliphatic hydroxyl groups is 1. The molecule has 123 heavy (non-hydrogen) atoms. The molecule has 3 radical (unpaired) electrons. The van der Waals surface area contributed by atoms with E-state index in [0.29, 0.717) is 11.4 Å². The molecule has 12 aromatic carbocycles. The van der Waals surface area contributed by atoms with E-state index in [-0.39, 0.29) is 83.2 Å². The fourth-order valence-corrected chi connectivity index (χ4v) is 13.5. The second-order valence-corrected chi connectivity index (χ2v) is 28.0. The molecule has 7 heterocycles. The SMILES string of the molecule is CC(=O)C=C(C)O.Cc1ccc(-c2cc(C(=O)O)nc(-c3[c-]cccc3)c2)cc1.Cc1ccc(-c2cc(C(=O)O)nc(-c3[c-]cccc3)c2)cc1.Cc1cnc2c3[c-]cccc3c3ccccc3c2n1.[Ir].[Ir].[Ir].[c-]1c(-c2ccccn2)cc(-c2ccccc2)cc1-c1nccc2ccccc12.[c-]1c(-c2ccccn2)cccc1-c1nccc2ccccc12. The number of carboxylic acid groups (broad SMARTS) is 2. The standard InChI is InChI=1S/C26H17N2.C20H13N2.2C19H14NO2.C17H11N2.C5H8O2.3Ir/c1-2-8-19(9-3-1)21-16-22(25-12-6-7-14-27-25)18-23(17-21)26-24-11-5-4-10-20(24)13-15-28-26;1-2-9-18-15(6-1)11-13-22-20(18)17-8-5-7-16(14-17)19-10-3-4-12-21-19;2*1-13-7-9-14(10-8-13)16-11-17(15-5-3-2-4-6-15)20-18(12-16)19(21)22;1-11-10-18-16-14-8-4-2-6-12(14)13-7-3-5-9-15(13)17(16)19-11;1-4(6)3-5(2)7;;;/h1-17H;1-13H;2*2-5,7-12H,1H3,(H,21,22);2-7,9-10H,1H3;3,6H,1-2H3;;;/q5*-1;;;;. The van der Waals surface area contributed by atoms with Gasteiger partial charge in [-0.2, -0.15) is 0 Å². The molecule has 3 N–H and O–H groups in total. The van der Waals surface area contributed by atoms with Gasteiger partial charge in [-0.05, 0) is 137 Å². The first kappa shape index (κ1) is 89.8. The summed E-state index contributed by atoms with van der Waals surface area (Å²) >= 11 is 0. The average Bonchev–Trinajstić information content (AvgIpc) is 0.746. The van der Waals surface area contributed by atoms with Crippen LogP contribution in [-0.2, 0) is 65.1 Å². The second kappa shape index (κ2) is 43.3. The fourth-order valence-electron chi connectivity index (χ4n) is 13.5. The van der Waals surface area contributed by atoms with Gasteiger partial charge in [-0.1, -0.05) is 238 Å². The number of carboxylic acids is 2. The van der Waals surface area contributed by atoms with Crippen LogP contribution < -0.4 is 0 Å². The molecule has 19 aromatic rings. The number of fused-ring (bicyclic) bond motifs is 8. The summed E-state index contributed by atoms with van der Waals surface area (Å²) in [5.41, 5.74) is 21.5. The third-order valence-electron chi connectivity index (χ3n) is 19.2. The van der Waals surface area contributed by atoms with Crippen molar-refractivity contribution in [1.29, 1.82) is 0 Å². The van der Waals surface area contributed by atoms with Crippen molar-refractivity contribution < 1.29 is 90.0 Å². The maximum atomic E-state index is 11.3. The number of hydrogen-bond acceptors (Lipinski definition) is 12. The van der Waals surface area contributed by atoms with Crippen LogP contribution in [0.25, 0.3) is 155 Å². The van der Waals surface area contributed by atoms with Crippen LogP contribution in [0.15, 0.2) is 364 Å². The van der Waals surface area contributed by atoms with Crippen molar-refractivity contribution in [2.45, 2.75) is 34.6 Å². The number of carbonyl (C=O) groups excluding carboxylic acids is 1. The van der Waals surface area contributed by atoms with Gasteiger partial charge in [0.2, 0.25) is 0 Å². The Balaban J connectivity index is 0.000000147. The predicted molar refractivity (Wildman–Crippen MR) is 480 cm³/mol. The summed E-state index contributed by atoms with van der Waals surface area (Å²) in [6.07, 6.45) is 10.3. The maximum absolute atomic E-state index is 11.3. The van der Waals surface area contributed by atoms with Crippen molar-refractivity contribution in [3.05, 3.63) is 423 Å². The van der Waals surface area contributed by atoms with E-state index < -0.39 is 11.9 Å². The Bertz CT molecular complexity index is 6630. The summed E-state index contributed by atoms with van der Waals surface area (Å²) in [7, 11) is 0. The van der Waals surface area contributed by atoms with Crippen molar-refractivity contribution in [2.24, 2.45) is 0 Å². The molecule has 14 nitrogen and oxygen atoms in total. The van der Waals surface area contributed by atoms with Crippen molar-refractivity contribution in [3.63, 3.8) is 0 Å². The molecule has 0 saturated heterocycles. The van der Waals surface area contributed by atoms with Gasteiger partial charge in [0.1, 0.15) is 11.4 Å². The van der Waals surface area contributed by atoms with E-state index in [1.165, 1.54) is 41.5 Å². The molecule has 0 saturated carbocycles. The molecule has 0 spiro atoms. The van der Waals surface area contributed by atoms with E-state index in [1.54, 1.807) is 30.5 Å². The van der Waals surface area contributed by atoms with Crippen LogP contribution in [0.4, 0.5) is 0 Å². The minimum absolute atomic E-state index is 0. The van der Waals surface area contributed by atoms with Gasteiger partial charge < -0.3 is 20.3 Å². The number of rotatable bonds is 12. The minimum Gasteiger partial charge on any atom is -0.512 e. The molecule has 17 heteroatoms. The van der Waals surface area contributed by atoms with Crippen LogP contribution in [-0.4, -0.2) is 72.9 Å². The molecule has 0 aliphatic carbocycles. The summed E-state index contributed by atoms with van der Waals surface area (Å²) in [5, 5.41) is 36.2. The molecule has 0 unspecified atom stereocenters. The normalized spacial score (nSPS) is 10.5. The number of benzene rings is 12. The molecular formula is C106H77Ir3N8O6-5. The number of carbonyl (C=O) groups is 3. The van der Waals surface area contributed by atoms with Crippen LogP contribution in [0.3, 0.4) is 0 Å². The van der Waals surface area contributed by atoms with Crippen molar-refractivity contribution >= 4 is 71.8 Å². The minimum atomic E-state index is -1.04. The monoisotopic (exact) mass is 2140 g/mol. The number of pyridine rings is 6. The molecule has 0 bridgehead atoms. The number of aliphatic hydroxyl groups excluding tert-OH is 1. The first-order valence-electron chi connectivity index (χ1n) is 38.6. The number of aryl methyl sites for hydroxylation is 3. The fraction of sp³-hybridized carbons (Fsp3) is 0.0472. The predicted octanol–water partition coefficient (Wildman–Crippen LogP) is 24.7. The van der Waals surface area contributed by atoms with Gasteiger partial charge in [-0.3, -0.25) is 39.7 Å². The number of hydrogen-bond donors (Lipinski definition) is 3. The van der Waals surface area contributed by atoms with Crippen molar-refractivity contribution in [1.82, 2.24) is 39.9 Å². The zero-order valence-electron chi connectivity index (χ0n) is 67.2. The molecular weight excluding hydrogens is 2060 g/mol. The number of aromatic carboxylic acids is 2. The summed E-state index contributed by atoms with van der Waals surface area (Å²) in [6, 6.07) is 122. The maximum Gasteiger partial charge on any atom is 0.353 e. The number of nitrogens with zero attached hydrogens (tertiary/aromatic N) is 8. The first-order chi connectivity index (χ1) is 58.5. The molecule has 19 rings (SSSR count). The van der Waals surface area contributed by atoms with Gasteiger partial charge in [0, 0.05) is 126 Å². The third-order valence-corrected chi connectivity index (χ3v) is 19.2. The van der Waals surface area contributed by atoms with E-state index >= 15 is 0 Å². The molecule has 0 fully saturated rings. The largest absolute Gasteiger partial charge is 0.512 e. The molecule has 609 valence electrons. The van der Waals surface area contributed by atoms with Gasteiger partial charge in [0.25, 0.3) is 0 Å². The second-order valence-electron chi connectivity index (χ2n) is 28.0. The van der Waals surface area contributed by atoms with E-state index in [9.17, 15) is 24.6 Å². The Hall–Kier alpha value is -14.0. The Morgan fingerprint density at radius 2 is 0.756 bits per heavy atom. The van der Waals surface area contributed by atoms with Crippen LogP contribution in [0.2, 0.25) is 0 Å². The van der Waals surface area contributed by atoms with Gasteiger partial charge >= 0.3 is 11.9 Å². The topological polar surface area (TPSA) is 215 Å². The average molecular weight is 2140 g/mol. The van der Waals surface area contributed by atoms with Gasteiger partial charge in [0.15, 0.2) is 5.78 Å². The molecule has 0 amide bonds. The quantitative estimate of drug-likeness (QED) is 0.0449. The van der Waals surface area contributed by atoms with Crippen molar-refractivity contribution in [2.75, 3.05) is 0 Å². The Morgan fingerprint density at radius 3 is 1.26 bits per heavy atom. The first-order valence-corrected chi connectivity index (χ1v) is 38.6. The zero-order valence-corrected chi connectivity index (χ0v) is 74.4. The summed E-state index contributed by atoms with van der Waals surface area (Å²) < 4.78 is 0. The number of aromatic nitrogens is 8. The van der Waals surface area contributed by atoms with Gasteiger partial charge in [-0.25, -0.2) is 9.59 Å². The third kappa shape index (κ3) is 23.1. The molecule has 0 aliphatic heterocycles. The van der Waals surface area contributed by atoms with E-state index in [4.69, 9.17) is 10.1 Å². The number of ketones is 1. The van der Waals surface area contributed by atoms with Crippen LogP contribution in [0.1, 0.15) is 51.6 Å². The Morgan fingerprint density at radius 1 is 0.317 bits per heavy atom. The van der Waals surface area contributed by atoms with Crippen LogP contribution in [0, 0.1) is 51.1 Å². The molecule has 0 aliphatic rings. The Kier molecular flexibility index (Phi) is 31.6. The summed E-state index contributed by atoms with van der Waals surface area (Å²) in [6.45, 7) is 8.86. The Labute approximate surface area is 754 Å². The summed E-state index contributed by atoms with van der Waals surface area (Å²) in [4.78, 5) is 68.6. The van der Waals surface area contributed by atoms with Crippen LogP contribution >= 0.6 is 0 Å². The van der Waals surface area contributed by atoms with E-state index in [2.05, 4.69) is 156 Å². The number of allylic oxidation sites excluding steroid dienone is 2. The smallest absolute Gasteiger partial charge is 0.353 e. The van der Waals surface area contributed by atoms with Gasteiger partial charge in [-0.15, -0.1) is 144 Å². The van der Waals surface area contributed by atoms with E-state index in [1.807, 2.05) is 252 Å². The van der Waals surface area contributed by atoms with Crippen molar-refractivity contribution in [3.8, 4) is 101 Å². The summed E-state index contributed by atoms with van der Waals surface area (Å²) in [5.74, 6) is -2.13. The van der Waals surface area contributed by atoms with Crippen LogP contribution in [0.5, 0.6) is 0 Å². The van der Waals surface area contributed by atoms with E-state index in [0.717, 1.165) is 139 Å². The molecule has 0 atom stereocenters. The molecule has 7 aromatic heterocycles. The zero-order chi connectivity index (χ0) is 83.3. The van der Waals surface area contributed by atoms with Gasteiger partial charge in [0.05, 0.1) is 17.0 Å².